The molecule has 8 aromatic carbocycles. The van der Waals surface area contributed by atoms with E-state index in [4.69, 9.17) is 34.3 Å². The van der Waals surface area contributed by atoms with Crippen LogP contribution in [0.25, 0.3) is 118 Å². The van der Waals surface area contributed by atoms with Crippen molar-refractivity contribution in [1.82, 2.24) is 34.5 Å². The van der Waals surface area contributed by atoms with Crippen LogP contribution in [0.3, 0.4) is 0 Å². The second kappa shape index (κ2) is 14.6. The third-order valence-corrected chi connectivity index (χ3v) is 11.3. The van der Waals surface area contributed by atoms with Gasteiger partial charge in [0.05, 0.1) is 11.0 Å². The molecule has 8 nitrogen and oxygen atoms in total. The zero-order valence-corrected chi connectivity index (χ0v) is 33.1. The minimum atomic E-state index is 0.555. The lowest BCUT2D eigenvalue weighted by Gasteiger charge is -2.11. The van der Waals surface area contributed by atoms with Crippen molar-refractivity contribution < 1.29 is 4.42 Å². The Hall–Kier alpha value is -8.62. The molecule has 0 aliphatic rings. The minimum Gasteiger partial charge on any atom is -0.456 e. The van der Waals surface area contributed by atoms with Crippen LogP contribution in [-0.4, -0.2) is 34.5 Å². The van der Waals surface area contributed by atoms with E-state index in [0.29, 0.717) is 35.1 Å². The fourth-order valence-electron chi connectivity index (χ4n) is 8.39. The molecule has 0 radical (unpaired) electrons. The zero-order valence-electron chi connectivity index (χ0n) is 33.1. The molecule has 290 valence electrons. The van der Waals surface area contributed by atoms with Crippen LogP contribution in [-0.2, 0) is 0 Å². The molecule has 0 N–H and O–H groups in total. The van der Waals surface area contributed by atoms with Gasteiger partial charge in [-0.05, 0) is 47.5 Å². The monoisotopic (exact) mass is 795 g/mol. The average molecular weight is 796 g/mol. The highest BCUT2D eigenvalue weighted by Gasteiger charge is 2.21. The highest BCUT2D eigenvalue weighted by Crippen LogP contribution is 2.40. The summed E-state index contributed by atoms with van der Waals surface area (Å²) in [5.74, 6) is 3.58. The number of aromatic nitrogens is 7. The van der Waals surface area contributed by atoms with Crippen LogP contribution < -0.4 is 0 Å². The first-order valence-corrected chi connectivity index (χ1v) is 20.5. The summed E-state index contributed by atoms with van der Waals surface area (Å²) in [6.07, 6.45) is 0. The van der Waals surface area contributed by atoms with Crippen molar-refractivity contribution in [3.63, 3.8) is 0 Å². The van der Waals surface area contributed by atoms with Crippen LogP contribution in [0.1, 0.15) is 0 Å². The molecule has 0 atom stereocenters. The van der Waals surface area contributed by atoms with E-state index < -0.39 is 0 Å². The predicted octanol–water partition coefficient (Wildman–Crippen LogP) is 13.1. The van der Waals surface area contributed by atoms with Gasteiger partial charge in [0.15, 0.2) is 29.1 Å². The molecule has 12 aromatic rings. The maximum Gasteiger partial charge on any atom is 0.238 e. The fraction of sp³-hybridized carbons (Fsp3) is 0. The van der Waals surface area contributed by atoms with Crippen molar-refractivity contribution in [2.45, 2.75) is 0 Å². The summed E-state index contributed by atoms with van der Waals surface area (Å²) >= 11 is 0. The Labute approximate surface area is 355 Å². The average Bonchev–Trinajstić information content (AvgIpc) is 3.90. The summed E-state index contributed by atoms with van der Waals surface area (Å²) in [5, 5.41) is 4.11. The highest BCUT2D eigenvalue weighted by molar-refractivity contribution is 6.14. The molecule has 0 aliphatic carbocycles. The third-order valence-electron chi connectivity index (χ3n) is 11.3. The lowest BCUT2D eigenvalue weighted by atomic mass is 9.99. The molecule has 0 saturated heterocycles. The van der Waals surface area contributed by atoms with Crippen molar-refractivity contribution in [1.29, 1.82) is 0 Å². The van der Waals surface area contributed by atoms with E-state index >= 15 is 0 Å². The largest absolute Gasteiger partial charge is 0.456 e. The molecule has 8 heteroatoms. The minimum absolute atomic E-state index is 0.555. The molecule has 0 unspecified atom stereocenters. The van der Waals surface area contributed by atoms with E-state index in [9.17, 15) is 0 Å². The van der Waals surface area contributed by atoms with Crippen molar-refractivity contribution in [3.8, 4) is 74.0 Å². The first-order chi connectivity index (χ1) is 30.7. The van der Waals surface area contributed by atoms with Crippen LogP contribution in [0.2, 0.25) is 0 Å². The Bertz CT molecular complexity index is 3500. The number of furan rings is 1. The number of fused-ring (bicyclic) bond motifs is 6. The summed E-state index contributed by atoms with van der Waals surface area (Å²) in [4.78, 5) is 30.2. The molecule has 0 spiro atoms. The van der Waals surface area contributed by atoms with Crippen molar-refractivity contribution >= 4 is 43.7 Å². The molecule has 4 heterocycles. The Morgan fingerprint density at radius 2 is 0.774 bits per heavy atom. The standard InChI is InChI=1S/C54H33N7O/c1-5-16-34(17-6-1)49-55-50(35-18-7-2-8-19-35)58-53(57-49)41-25-15-27-47-48(41)43-33-39(29-31-46(43)62-47)38-28-30-45-42(32-38)40-24-13-14-26-44(40)61(45)54-59-51(36-20-9-3-10-21-36)56-52(60-54)37-22-11-4-12-23-37/h1-33H. The normalized spacial score (nSPS) is 11.5. The number of rotatable bonds is 7. The van der Waals surface area contributed by atoms with Crippen LogP contribution >= 0.6 is 0 Å². The van der Waals surface area contributed by atoms with Gasteiger partial charge in [0.25, 0.3) is 0 Å². The van der Waals surface area contributed by atoms with Crippen LogP contribution in [0, 0.1) is 0 Å². The summed E-state index contributed by atoms with van der Waals surface area (Å²) in [7, 11) is 0. The van der Waals surface area contributed by atoms with E-state index in [1.165, 1.54) is 0 Å². The number of nitrogens with zero attached hydrogens (tertiary/aromatic N) is 7. The lowest BCUT2D eigenvalue weighted by Crippen LogP contribution is -2.06. The van der Waals surface area contributed by atoms with Crippen molar-refractivity contribution in [2.24, 2.45) is 0 Å². The Morgan fingerprint density at radius 1 is 0.306 bits per heavy atom. The first kappa shape index (κ1) is 35.3. The molecular formula is C54H33N7O. The van der Waals surface area contributed by atoms with Gasteiger partial charge in [0, 0.05) is 49.4 Å². The molecule has 0 bridgehead atoms. The van der Waals surface area contributed by atoms with Crippen LogP contribution in [0.15, 0.2) is 205 Å². The van der Waals surface area contributed by atoms with Gasteiger partial charge >= 0.3 is 0 Å². The van der Waals surface area contributed by atoms with Gasteiger partial charge in [0.1, 0.15) is 11.2 Å². The van der Waals surface area contributed by atoms with Gasteiger partial charge in [-0.1, -0.05) is 164 Å². The molecule has 0 aliphatic heterocycles. The number of hydrogen-bond donors (Lipinski definition) is 0. The van der Waals surface area contributed by atoms with E-state index in [1.54, 1.807) is 0 Å². The quantitative estimate of drug-likeness (QED) is 0.158. The van der Waals surface area contributed by atoms with Gasteiger partial charge in [-0.2, -0.15) is 9.97 Å². The molecular weight excluding hydrogens is 763 g/mol. The molecule has 4 aromatic heterocycles. The number of benzene rings is 8. The SMILES string of the molecule is c1ccc(-c2nc(-c3ccccc3)nc(-c3cccc4oc5ccc(-c6ccc7c(c6)c6ccccc6n7-c6nc(-c7ccccc7)nc(-c7ccccc7)n6)cc5c34)n2)cc1. The van der Waals surface area contributed by atoms with E-state index in [2.05, 4.69) is 71.3 Å². The molecule has 12 rings (SSSR count). The highest BCUT2D eigenvalue weighted by atomic mass is 16.3. The molecule has 0 fully saturated rings. The fourth-order valence-corrected chi connectivity index (χ4v) is 8.39. The topological polar surface area (TPSA) is 95.4 Å². The van der Waals surface area contributed by atoms with Crippen LogP contribution in [0.5, 0.6) is 0 Å². The maximum absolute atomic E-state index is 6.51. The van der Waals surface area contributed by atoms with E-state index in [0.717, 1.165) is 82.7 Å². The Morgan fingerprint density at radius 3 is 1.35 bits per heavy atom. The number of para-hydroxylation sites is 1. The third kappa shape index (κ3) is 6.09. The van der Waals surface area contributed by atoms with Gasteiger partial charge in [-0.15, -0.1) is 0 Å². The van der Waals surface area contributed by atoms with Gasteiger partial charge < -0.3 is 4.42 Å². The van der Waals surface area contributed by atoms with E-state index in [-0.39, 0.29) is 0 Å². The lowest BCUT2D eigenvalue weighted by molar-refractivity contribution is 0.669. The second-order valence-corrected chi connectivity index (χ2v) is 15.1. The number of hydrogen-bond acceptors (Lipinski definition) is 7. The second-order valence-electron chi connectivity index (χ2n) is 15.1. The maximum atomic E-state index is 6.51. The molecule has 0 saturated carbocycles. The summed E-state index contributed by atoms with van der Waals surface area (Å²) in [5.41, 5.74) is 10.2. The Balaban J connectivity index is 1.02. The van der Waals surface area contributed by atoms with Crippen molar-refractivity contribution in [3.05, 3.63) is 200 Å². The molecule has 62 heavy (non-hydrogen) atoms. The smallest absolute Gasteiger partial charge is 0.238 e. The van der Waals surface area contributed by atoms with Crippen molar-refractivity contribution in [2.75, 3.05) is 0 Å². The summed E-state index contributed by atoms with van der Waals surface area (Å²) in [6, 6.07) is 67.7. The summed E-state index contributed by atoms with van der Waals surface area (Å²) < 4.78 is 8.65. The zero-order chi connectivity index (χ0) is 41.0. The Kier molecular flexibility index (Phi) is 8.31. The van der Waals surface area contributed by atoms with Crippen LogP contribution in [0.4, 0.5) is 0 Å². The van der Waals surface area contributed by atoms with Gasteiger partial charge in [0.2, 0.25) is 5.95 Å². The van der Waals surface area contributed by atoms with E-state index in [1.807, 2.05) is 133 Å². The van der Waals surface area contributed by atoms with Gasteiger partial charge in [-0.3, -0.25) is 4.57 Å². The summed E-state index contributed by atoms with van der Waals surface area (Å²) in [6.45, 7) is 0. The van der Waals surface area contributed by atoms with Gasteiger partial charge in [-0.25, -0.2) is 19.9 Å². The molecule has 0 amide bonds. The predicted molar refractivity (Wildman–Crippen MR) is 247 cm³/mol. The first-order valence-electron chi connectivity index (χ1n) is 20.5.